The Morgan fingerprint density at radius 1 is 1.12 bits per heavy atom. The molecule has 2 heterocycles. The quantitative estimate of drug-likeness (QED) is 0.726. The van der Waals surface area contributed by atoms with Crippen molar-refractivity contribution in [1.82, 2.24) is 15.0 Å². The number of anilines is 1. The van der Waals surface area contributed by atoms with Crippen LogP contribution in [0.25, 0.3) is 16.1 Å². The van der Waals surface area contributed by atoms with Gasteiger partial charge in [-0.1, -0.05) is 12.1 Å². The molecule has 0 atom stereocenters. The number of nitrogens with one attached hydrogen (secondary N) is 1. The summed E-state index contributed by atoms with van der Waals surface area (Å²) >= 11 is 0. The van der Waals surface area contributed by atoms with E-state index in [0.717, 1.165) is 23.5 Å². The molecule has 3 rings (SSSR count). The van der Waals surface area contributed by atoms with Gasteiger partial charge in [-0.05, 0) is 24.1 Å². The number of carbonyl (C=O) groups excluding carboxylic acids is 1. The fraction of sp³-hybridized carbons (Fsp3) is 0.0556. The second-order valence-electron chi connectivity index (χ2n) is 5.33. The molecule has 0 aliphatic carbocycles. The number of pyridine rings is 1. The van der Waals surface area contributed by atoms with E-state index in [-0.39, 0.29) is 5.82 Å². The molecule has 0 spiro atoms. The number of halogens is 2. The third-order valence-corrected chi connectivity index (χ3v) is 3.60. The molecule has 2 aromatic heterocycles. The summed E-state index contributed by atoms with van der Waals surface area (Å²) in [6.45, 7) is 8.95. The van der Waals surface area contributed by atoms with Crippen molar-refractivity contribution in [3.05, 3.63) is 77.2 Å². The number of hydrogen-bond acceptors (Lipinski definition) is 4. The lowest BCUT2D eigenvalue weighted by atomic mass is 10.1. The molecule has 0 saturated carbocycles. The van der Waals surface area contributed by atoms with Gasteiger partial charge in [-0.15, -0.1) is 0 Å². The van der Waals surface area contributed by atoms with Crippen LogP contribution in [0.4, 0.5) is 20.3 Å². The highest BCUT2D eigenvalue weighted by atomic mass is 19.1. The van der Waals surface area contributed by atoms with Crippen LogP contribution in [0.3, 0.4) is 0 Å². The topological polar surface area (TPSA) is 72.1 Å². The average Bonchev–Trinajstić information content (AvgIpc) is 2.63. The zero-order chi connectivity index (χ0) is 18.7. The largest absolute Gasteiger partial charge is 0.305 e. The summed E-state index contributed by atoms with van der Waals surface area (Å²) in [5.41, 5.74) is 1.87. The molecule has 1 amide bonds. The Labute approximate surface area is 147 Å². The van der Waals surface area contributed by atoms with E-state index in [1.54, 1.807) is 18.2 Å². The lowest BCUT2D eigenvalue weighted by Crippen LogP contribution is -2.17. The summed E-state index contributed by atoms with van der Waals surface area (Å²) in [5, 5.41) is 2.29. The lowest BCUT2D eigenvalue weighted by Gasteiger charge is -2.08. The van der Waals surface area contributed by atoms with Crippen molar-refractivity contribution in [2.75, 3.05) is 5.32 Å². The van der Waals surface area contributed by atoms with Gasteiger partial charge in [0.25, 0.3) is 5.91 Å². The molecule has 0 radical (unpaired) electrons. The highest BCUT2D eigenvalue weighted by molar-refractivity contribution is 6.04. The number of nitrogens with zero attached hydrogens (tertiary/aromatic N) is 4. The Morgan fingerprint density at radius 3 is 2.46 bits per heavy atom. The number of carbonyl (C=O) groups is 1. The lowest BCUT2D eigenvalue weighted by molar-refractivity contribution is 0.101. The molecular formula is C18H11F2N5O. The summed E-state index contributed by atoms with van der Waals surface area (Å²) in [6, 6.07) is 5.19. The van der Waals surface area contributed by atoms with Gasteiger partial charge >= 0.3 is 0 Å². The van der Waals surface area contributed by atoms with E-state index in [1.807, 2.05) is 6.92 Å². The van der Waals surface area contributed by atoms with Crippen molar-refractivity contribution in [2.45, 2.75) is 6.92 Å². The van der Waals surface area contributed by atoms with Crippen molar-refractivity contribution in [3.63, 3.8) is 0 Å². The fourth-order valence-corrected chi connectivity index (χ4v) is 2.29. The summed E-state index contributed by atoms with van der Waals surface area (Å²) in [5.74, 6) is -3.10. The summed E-state index contributed by atoms with van der Waals surface area (Å²) in [6.07, 6.45) is 4.18. The number of amides is 1. The van der Waals surface area contributed by atoms with Crippen molar-refractivity contribution in [1.29, 1.82) is 0 Å². The van der Waals surface area contributed by atoms with Crippen LogP contribution in [0.2, 0.25) is 0 Å². The second kappa shape index (κ2) is 7.03. The Bertz CT molecular complexity index is 1010. The van der Waals surface area contributed by atoms with E-state index in [0.29, 0.717) is 11.4 Å². The predicted octanol–water partition coefficient (Wildman–Crippen LogP) is 3.93. The first-order valence-corrected chi connectivity index (χ1v) is 7.40. The first kappa shape index (κ1) is 17.1. The molecule has 0 unspecified atom stereocenters. The maximum absolute atomic E-state index is 13.6. The first-order valence-electron chi connectivity index (χ1n) is 7.40. The first-order chi connectivity index (χ1) is 12.5. The SMILES string of the molecule is [C-]#[N+]c1ccc(C)c(-c2cnc(NC(=O)c3c(F)cncc3F)cn2)c1. The Balaban J connectivity index is 1.85. The van der Waals surface area contributed by atoms with Gasteiger partial charge in [0.1, 0.15) is 5.56 Å². The predicted molar refractivity (Wildman–Crippen MR) is 90.6 cm³/mol. The van der Waals surface area contributed by atoms with Gasteiger partial charge in [0, 0.05) is 0 Å². The summed E-state index contributed by atoms with van der Waals surface area (Å²) in [4.78, 5) is 27.0. The van der Waals surface area contributed by atoms with Crippen molar-refractivity contribution >= 4 is 17.4 Å². The molecule has 128 valence electrons. The molecule has 0 saturated heterocycles. The number of rotatable bonds is 3. The van der Waals surface area contributed by atoms with Crippen LogP contribution in [-0.4, -0.2) is 20.9 Å². The van der Waals surface area contributed by atoms with Gasteiger partial charge < -0.3 is 5.32 Å². The number of hydrogen-bond donors (Lipinski definition) is 1. The number of benzene rings is 1. The minimum Gasteiger partial charge on any atom is -0.305 e. The molecule has 0 aliphatic heterocycles. The molecule has 6 nitrogen and oxygen atoms in total. The fourth-order valence-electron chi connectivity index (χ4n) is 2.29. The molecule has 3 aromatic rings. The molecule has 1 N–H and O–H groups in total. The van der Waals surface area contributed by atoms with E-state index in [4.69, 9.17) is 6.57 Å². The third kappa shape index (κ3) is 3.37. The molecule has 0 bridgehead atoms. The van der Waals surface area contributed by atoms with Gasteiger partial charge in [0.05, 0.1) is 37.1 Å². The normalized spacial score (nSPS) is 10.2. The van der Waals surface area contributed by atoms with Gasteiger partial charge in [-0.25, -0.2) is 18.6 Å². The van der Waals surface area contributed by atoms with E-state index >= 15 is 0 Å². The van der Waals surface area contributed by atoms with E-state index in [9.17, 15) is 13.6 Å². The van der Waals surface area contributed by atoms with Crippen molar-refractivity contribution in [2.24, 2.45) is 0 Å². The Hall–Kier alpha value is -3.73. The maximum Gasteiger partial charge on any atom is 0.262 e. The van der Waals surface area contributed by atoms with Gasteiger partial charge in [-0.3, -0.25) is 14.8 Å². The maximum atomic E-state index is 13.6. The third-order valence-electron chi connectivity index (χ3n) is 3.60. The van der Waals surface area contributed by atoms with Crippen LogP contribution >= 0.6 is 0 Å². The Kier molecular flexibility index (Phi) is 4.62. The molecule has 1 aromatic carbocycles. The molecule has 8 heteroatoms. The smallest absolute Gasteiger partial charge is 0.262 e. The zero-order valence-electron chi connectivity index (χ0n) is 13.5. The zero-order valence-corrected chi connectivity index (χ0v) is 13.5. The van der Waals surface area contributed by atoms with Crippen LogP contribution in [0.5, 0.6) is 0 Å². The van der Waals surface area contributed by atoms with Gasteiger partial charge in [0.2, 0.25) is 0 Å². The van der Waals surface area contributed by atoms with Crippen LogP contribution in [0.15, 0.2) is 43.0 Å². The highest BCUT2D eigenvalue weighted by Gasteiger charge is 2.18. The second-order valence-corrected chi connectivity index (χ2v) is 5.33. The minimum absolute atomic E-state index is 0.0355. The summed E-state index contributed by atoms with van der Waals surface area (Å²) < 4.78 is 27.2. The summed E-state index contributed by atoms with van der Waals surface area (Å²) in [7, 11) is 0. The highest BCUT2D eigenvalue weighted by Crippen LogP contribution is 2.26. The van der Waals surface area contributed by atoms with Crippen LogP contribution < -0.4 is 5.32 Å². The number of aryl methyl sites for hydroxylation is 1. The van der Waals surface area contributed by atoms with Crippen molar-refractivity contribution < 1.29 is 13.6 Å². The molecule has 26 heavy (non-hydrogen) atoms. The van der Waals surface area contributed by atoms with Crippen LogP contribution in [0, 0.1) is 25.1 Å². The van der Waals surface area contributed by atoms with E-state index < -0.39 is 23.1 Å². The Morgan fingerprint density at radius 2 is 1.85 bits per heavy atom. The number of aromatic nitrogens is 3. The minimum atomic E-state index is -1.07. The monoisotopic (exact) mass is 351 g/mol. The van der Waals surface area contributed by atoms with E-state index in [2.05, 4.69) is 25.1 Å². The van der Waals surface area contributed by atoms with Crippen LogP contribution in [0.1, 0.15) is 15.9 Å². The molecule has 0 fully saturated rings. The molecule has 0 aliphatic rings. The van der Waals surface area contributed by atoms with E-state index in [1.165, 1.54) is 12.4 Å². The van der Waals surface area contributed by atoms with Crippen molar-refractivity contribution in [3.8, 4) is 11.3 Å². The molecular weight excluding hydrogens is 340 g/mol. The average molecular weight is 351 g/mol. The van der Waals surface area contributed by atoms with Gasteiger partial charge in [-0.2, -0.15) is 0 Å². The van der Waals surface area contributed by atoms with Crippen LogP contribution in [-0.2, 0) is 0 Å². The van der Waals surface area contributed by atoms with Gasteiger partial charge in [0.15, 0.2) is 23.1 Å². The standard InChI is InChI=1S/C18H11F2N5O/c1-10-3-4-11(21-2)5-12(10)15-8-24-16(9-23-15)25-18(26)17-13(19)6-22-7-14(17)20/h3-9H,1H3,(H,24,25,26).